The van der Waals surface area contributed by atoms with Crippen LogP contribution in [0.5, 0.6) is 5.75 Å². The molecule has 8 nitrogen and oxygen atoms in total. The lowest BCUT2D eigenvalue weighted by atomic mass is 10.3. The monoisotopic (exact) mass is 328 g/mol. The van der Waals surface area contributed by atoms with Crippen molar-refractivity contribution in [2.45, 2.75) is 12.8 Å². The highest BCUT2D eigenvalue weighted by atomic mass is 16.5. The molecule has 0 aliphatic carbocycles. The number of carbonyl (C=O) groups is 1. The van der Waals surface area contributed by atoms with Gasteiger partial charge in [0.25, 0.3) is 5.91 Å². The maximum absolute atomic E-state index is 12.0. The first kappa shape index (κ1) is 15.7. The second-order valence-corrected chi connectivity index (χ2v) is 5.08. The van der Waals surface area contributed by atoms with Gasteiger partial charge in [0, 0.05) is 25.2 Å². The Bertz CT molecular complexity index is 916. The number of aromatic nitrogens is 3. The van der Waals surface area contributed by atoms with E-state index in [-0.39, 0.29) is 11.5 Å². The van der Waals surface area contributed by atoms with Crippen LogP contribution in [0, 0.1) is 0 Å². The van der Waals surface area contributed by atoms with Gasteiger partial charge in [0.15, 0.2) is 11.4 Å². The molecule has 1 N–H and O–H groups in total. The van der Waals surface area contributed by atoms with Crippen LogP contribution in [0.3, 0.4) is 0 Å². The summed E-state index contributed by atoms with van der Waals surface area (Å²) in [5, 5.41) is 10.9. The number of nitrogens with zero attached hydrogens (tertiary/aromatic N) is 3. The van der Waals surface area contributed by atoms with Gasteiger partial charge in [0.2, 0.25) is 11.2 Å². The second kappa shape index (κ2) is 6.95. The fourth-order valence-electron chi connectivity index (χ4n) is 2.26. The Kier molecular flexibility index (Phi) is 4.55. The number of amides is 1. The summed E-state index contributed by atoms with van der Waals surface area (Å²) in [5.74, 6) is 0.399. The third-order valence-electron chi connectivity index (χ3n) is 3.49. The van der Waals surface area contributed by atoms with E-state index in [0.29, 0.717) is 19.4 Å². The molecule has 3 aromatic rings. The number of fused-ring (bicyclic) bond motifs is 1. The van der Waals surface area contributed by atoms with Crippen molar-refractivity contribution in [1.29, 1.82) is 0 Å². The molecular weight excluding hydrogens is 312 g/mol. The molecule has 3 rings (SSSR count). The Morgan fingerprint density at radius 3 is 3.04 bits per heavy atom. The smallest absolute Gasteiger partial charge is 0.287 e. The average molecular weight is 328 g/mol. The maximum atomic E-state index is 12.0. The topological polar surface area (TPSA) is 98.7 Å². The molecule has 8 heteroatoms. The molecule has 0 unspecified atom stereocenters. The number of nitrogens with one attached hydrogen (secondary N) is 1. The molecule has 24 heavy (non-hydrogen) atoms. The van der Waals surface area contributed by atoms with Gasteiger partial charge in [-0.1, -0.05) is 6.07 Å². The van der Waals surface area contributed by atoms with Crippen LogP contribution in [0.25, 0.3) is 5.65 Å². The van der Waals surface area contributed by atoms with Gasteiger partial charge in [0.05, 0.1) is 7.11 Å². The molecule has 3 heterocycles. The first-order valence-corrected chi connectivity index (χ1v) is 7.42. The quantitative estimate of drug-likeness (QED) is 0.679. The van der Waals surface area contributed by atoms with Gasteiger partial charge in [-0.2, -0.15) is 0 Å². The molecule has 0 aliphatic rings. The summed E-state index contributed by atoms with van der Waals surface area (Å²) in [7, 11) is 1.36. The zero-order chi connectivity index (χ0) is 16.9. The molecule has 0 aliphatic heterocycles. The number of pyridine rings is 1. The lowest BCUT2D eigenvalue weighted by Crippen LogP contribution is -2.26. The summed E-state index contributed by atoms with van der Waals surface area (Å²) in [4.78, 5) is 23.6. The summed E-state index contributed by atoms with van der Waals surface area (Å²) < 4.78 is 11.8. The molecule has 0 bridgehead atoms. The summed E-state index contributed by atoms with van der Waals surface area (Å²) in [6, 6.07) is 6.80. The van der Waals surface area contributed by atoms with Crippen LogP contribution in [0.15, 0.2) is 45.9 Å². The number of aryl methyl sites for hydroxylation is 1. The van der Waals surface area contributed by atoms with Gasteiger partial charge in [0.1, 0.15) is 12.1 Å². The molecule has 0 saturated carbocycles. The SMILES string of the molecule is COc1coc(C(=O)NCCCc2nnc3ccccn23)cc1=O. The highest BCUT2D eigenvalue weighted by Gasteiger charge is 2.11. The van der Waals surface area contributed by atoms with Gasteiger partial charge < -0.3 is 14.5 Å². The van der Waals surface area contributed by atoms with E-state index in [1.54, 1.807) is 0 Å². The number of rotatable bonds is 6. The zero-order valence-corrected chi connectivity index (χ0v) is 13.1. The molecular formula is C16H16N4O4. The van der Waals surface area contributed by atoms with Crippen LogP contribution in [0.1, 0.15) is 22.8 Å². The van der Waals surface area contributed by atoms with E-state index in [0.717, 1.165) is 23.8 Å². The molecule has 0 fully saturated rings. The first-order chi connectivity index (χ1) is 11.7. The average Bonchev–Trinajstić information content (AvgIpc) is 3.01. The van der Waals surface area contributed by atoms with Crippen molar-refractivity contribution < 1.29 is 13.9 Å². The maximum Gasteiger partial charge on any atom is 0.287 e. The molecule has 0 radical (unpaired) electrons. The first-order valence-electron chi connectivity index (χ1n) is 7.42. The Morgan fingerprint density at radius 1 is 1.38 bits per heavy atom. The van der Waals surface area contributed by atoms with Crippen molar-refractivity contribution in [1.82, 2.24) is 19.9 Å². The van der Waals surface area contributed by atoms with Crippen LogP contribution in [0.2, 0.25) is 0 Å². The van der Waals surface area contributed by atoms with Crippen molar-refractivity contribution >= 4 is 11.6 Å². The number of ether oxygens (including phenoxy) is 1. The number of hydrogen-bond acceptors (Lipinski definition) is 6. The molecule has 1 amide bonds. The number of carbonyl (C=O) groups excluding carboxylic acids is 1. The van der Waals surface area contributed by atoms with E-state index < -0.39 is 11.3 Å². The van der Waals surface area contributed by atoms with Gasteiger partial charge >= 0.3 is 0 Å². The fourth-order valence-corrected chi connectivity index (χ4v) is 2.26. The number of methoxy groups -OCH3 is 1. The Morgan fingerprint density at radius 2 is 2.25 bits per heavy atom. The lowest BCUT2D eigenvalue weighted by Gasteiger charge is -2.04. The predicted molar refractivity (Wildman–Crippen MR) is 85.2 cm³/mol. The van der Waals surface area contributed by atoms with E-state index in [1.807, 2.05) is 28.8 Å². The van der Waals surface area contributed by atoms with Gasteiger partial charge in [-0.3, -0.25) is 14.0 Å². The Balaban J connectivity index is 1.54. The van der Waals surface area contributed by atoms with E-state index in [4.69, 9.17) is 9.15 Å². The van der Waals surface area contributed by atoms with Crippen molar-refractivity contribution in [3.63, 3.8) is 0 Å². The molecule has 0 saturated heterocycles. The Hall–Kier alpha value is -3.16. The third-order valence-corrected chi connectivity index (χ3v) is 3.49. The van der Waals surface area contributed by atoms with Gasteiger partial charge in [-0.25, -0.2) is 0 Å². The standard InChI is InChI=1S/C16H16N4O4/c1-23-13-10-24-12(9-11(13)21)16(22)17-7-4-6-15-19-18-14-5-2-3-8-20(14)15/h2-3,5,8-10H,4,6-7H2,1H3,(H,17,22). The third kappa shape index (κ3) is 3.27. The summed E-state index contributed by atoms with van der Waals surface area (Å²) >= 11 is 0. The summed E-state index contributed by atoms with van der Waals surface area (Å²) in [6.45, 7) is 0.427. The van der Waals surface area contributed by atoms with Gasteiger partial charge in [-0.05, 0) is 18.6 Å². The van der Waals surface area contributed by atoms with Crippen molar-refractivity contribution in [2.24, 2.45) is 0 Å². The predicted octanol–water partition coefficient (Wildman–Crippen LogP) is 1.05. The molecule has 0 spiro atoms. The van der Waals surface area contributed by atoms with E-state index in [9.17, 15) is 9.59 Å². The van der Waals surface area contributed by atoms with Gasteiger partial charge in [-0.15, -0.1) is 10.2 Å². The highest BCUT2D eigenvalue weighted by Crippen LogP contribution is 2.06. The molecule has 0 aromatic carbocycles. The zero-order valence-electron chi connectivity index (χ0n) is 13.1. The van der Waals surface area contributed by atoms with Crippen molar-refractivity contribution in [2.75, 3.05) is 13.7 Å². The van der Waals surface area contributed by atoms with Crippen molar-refractivity contribution in [3.8, 4) is 5.75 Å². The summed E-state index contributed by atoms with van der Waals surface area (Å²) in [5.41, 5.74) is 0.389. The van der Waals surface area contributed by atoms with E-state index in [1.165, 1.54) is 7.11 Å². The highest BCUT2D eigenvalue weighted by molar-refractivity contribution is 5.91. The second-order valence-electron chi connectivity index (χ2n) is 5.08. The largest absolute Gasteiger partial charge is 0.490 e. The normalized spacial score (nSPS) is 10.7. The minimum atomic E-state index is -0.444. The van der Waals surface area contributed by atoms with Crippen molar-refractivity contribution in [3.05, 3.63) is 58.5 Å². The summed E-state index contributed by atoms with van der Waals surface area (Å²) in [6.07, 6.45) is 4.37. The minimum Gasteiger partial charge on any atom is -0.490 e. The van der Waals surface area contributed by atoms with Crippen LogP contribution in [-0.2, 0) is 6.42 Å². The van der Waals surface area contributed by atoms with Crippen LogP contribution < -0.4 is 15.5 Å². The van der Waals surface area contributed by atoms with E-state index in [2.05, 4.69) is 15.5 Å². The van der Waals surface area contributed by atoms with Crippen LogP contribution in [0.4, 0.5) is 0 Å². The fraction of sp³-hybridized carbons (Fsp3) is 0.250. The van der Waals surface area contributed by atoms with Crippen LogP contribution >= 0.6 is 0 Å². The minimum absolute atomic E-state index is 0.0475. The lowest BCUT2D eigenvalue weighted by molar-refractivity contribution is 0.0922. The number of hydrogen-bond donors (Lipinski definition) is 1. The Labute approximate surface area is 137 Å². The molecule has 0 atom stereocenters. The molecule has 124 valence electrons. The van der Waals surface area contributed by atoms with Crippen LogP contribution in [-0.4, -0.2) is 34.2 Å². The van der Waals surface area contributed by atoms with E-state index >= 15 is 0 Å². The molecule has 3 aromatic heterocycles.